The van der Waals surface area contributed by atoms with Gasteiger partial charge >= 0.3 is 5.97 Å². The minimum Gasteiger partial charge on any atom is -0.616 e. The summed E-state index contributed by atoms with van der Waals surface area (Å²) in [6, 6.07) is 0. The number of carboxylic acid groups (broad SMARTS) is 1. The van der Waals surface area contributed by atoms with Gasteiger partial charge in [-0.05, 0) is 67.0 Å². The molecule has 4 unspecified atom stereocenters. The van der Waals surface area contributed by atoms with E-state index in [9.17, 15) is 19.6 Å². The van der Waals surface area contributed by atoms with Gasteiger partial charge in [0.05, 0.1) is 12.2 Å². The molecule has 0 bridgehead atoms. The molecule has 0 radical (unpaired) electrons. The Labute approximate surface area is 172 Å². The lowest BCUT2D eigenvalue weighted by Crippen LogP contribution is -2.21. The lowest BCUT2D eigenvalue weighted by molar-refractivity contribution is -0.134. The van der Waals surface area contributed by atoms with Crippen molar-refractivity contribution in [2.75, 3.05) is 11.5 Å². The Hall–Kier alpha value is -0.560. The number of carboxylic acids is 1. The molecular weight excluding hydrogens is 376 g/mol. The lowest BCUT2D eigenvalue weighted by atomic mass is 9.89. The van der Waals surface area contributed by atoms with Crippen molar-refractivity contribution >= 4 is 17.1 Å². The molecule has 2 rings (SSSR count). The molecule has 2 fully saturated rings. The summed E-state index contributed by atoms with van der Waals surface area (Å²) in [7, 11) is 0. The van der Waals surface area contributed by atoms with Gasteiger partial charge in [0.15, 0.2) is 0 Å². The highest BCUT2D eigenvalue weighted by atomic mass is 32.2. The number of carbonyl (C=O) groups is 1. The van der Waals surface area contributed by atoms with Crippen LogP contribution >= 0.6 is 0 Å². The summed E-state index contributed by atoms with van der Waals surface area (Å²) in [5.41, 5.74) is 0. The summed E-state index contributed by atoms with van der Waals surface area (Å²) in [4.78, 5) is 10.6. The SMILES string of the molecule is CCCCC(C)CC(O)C=C[C@H]1[C@@H]2CC(CC[S+]([O-])CC(=O)O)C[C@H]2C[C@@H]1O. The Bertz CT molecular complexity index is 511. The third kappa shape index (κ3) is 7.36. The van der Waals surface area contributed by atoms with Gasteiger partial charge in [-0.1, -0.05) is 45.3 Å². The first kappa shape index (κ1) is 23.7. The van der Waals surface area contributed by atoms with Crippen LogP contribution < -0.4 is 0 Å². The van der Waals surface area contributed by atoms with Crippen LogP contribution in [0.2, 0.25) is 0 Å². The van der Waals surface area contributed by atoms with E-state index in [0.717, 1.165) is 38.5 Å². The van der Waals surface area contributed by atoms with E-state index >= 15 is 0 Å². The first-order chi connectivity index (χ1) is 13.3. The van der Waals surface area contributed by atoms with Crippen LogP contribution in [-0.4, -0.2) is 49.6 Å². The number of fused-ring (bicyclic) bond motifs is 1. The molecule has 5 nitrogen and oxygen atoms in total. The van der Waals surface area contributed by atoms with Crippen LogP contribution in [0, 0.1) is 29.6 Å². The van der Waals surface area contributed by atoms with Crippen molar-refractivity contribution in [2.24, 2.45) is 29.6 Å². The smallest absolute Gasteiger partial charge is 0.353 e. The van der Waals surface area contributed by atoms with Gasteiger partial charge in [0.25, 0.3) is 0 Å². The normalized spacial score (nSPS) is 33.1. The van der Waals surface area contributed by atoms with E-state index in [1.807, 2.05) is 12.2 Å². The Kier molecular flexibility index (Phi) is 9.81. The number of aliphatic hydroxyl groups is 2. The van der Waals surface area contributed by atoms with Crippen LogP contribution in [0.25, 0.3) is 0 Å². The molecule has 0 heterocycles. The number of unbranched alkanes of at least 4 members (excludes halogenated alkanes) is 1. The average molecular weight is 415 g/mol. The van der Waals surface area contributed by atoms with E-state index in [0.29, 0.717) is 29.4 Å². The average Bonchev–Trinajstić information content (AvgIpc) is 3.12. The fourth-order valence-electron chi connectivity index (χ4n) is 5.20. The maximum Gasteiger partial charge on any atom is 0.353 e. The Morgan fingerprint density at radius 1 is 1.32 bits per heavy atom. The predicted octanol–water partition coefficient (Wildman–Crippen LogP) is 3.37. The second kappa shape index (κ2) is 11.6. The van der Waals surface area contributed by atoms with E-state index in [1.54, 1.807) is 0 Å². The monoisotopic (exact) mass is 414 g/mol. The van der Waals surface area contributed by atoms with Gasteiger partial charge in [-0.25, -0.2) is 4.79 Å². The molecule has 6 heteroatoms. The second-order valence-corrected chi connectivity index (χ2v) is 10.6. The van der Waals surface area contributed by atoms with Crippen molar-refractivity contribution in [3.05, 3.63) is 12.2 Å². The largest absolute Gasteiger partial charge is 0.616 e. The summed E-state index contributed by atoms with van der Waals surface area (Å²) < 4.78 is 11.8. The van der Waals surface area contributed by atoms with Gasteiger partial charge in [0, 0.05) is 5.92 Å². The summed E-state index contributed by atoms with van der Waals surface area (Å²) in [5.74, 6) is 1.17. The van der Waals surface area contributed by atoms with E-state index in [-0.39, 0.29) is 17.8 Å². The molecule has 0 aromatic carbocycles. The van der Waals surface area contributed by atoms with Crippen LogP contribution in [0.15, 0.2) is 12.2 Å². The zero-order valence-electron chi connectivity index (χ0n) is 17.3. The summed E-state index contributed by atoms with van der Waals surface area (Å²) >= 11 is -1.28. The molecule has 2 saturated carbocycles. The fraction of sp³-hybridized carbons (Fsp3) is 0.864. The minimum absolute atomic E-state index is 0.0973. The van der Waals surface area contributed by atoms with Gasteiger partial charge in [-0.2, -0.15) is 0 Å². The van der Waals surface area contributed by atoms with Gasteiger partial charge in [-0.15, -0.1) is 0 Å². The minimum atomic E-state index is -1.28. The van der Waals surface area contributed by atoms with Crippen molar-refractivity contribution in [1.82, 2.24) is 0 Å². The maximum atomic E-state index is 11.8. The van der Waals surface area contributed by atoms with Crippen molar-refractivity contribution in [3.8, 4) is 0 Å². The van der Waals surface area contributed by atoms with Gasteiger partial charge in [0.2, 0.25) is 5.75 Å². The number of rotatable bonds is 12. The van der Waals surface area contributed by atoms with Crippen molar-refractivity contribution in [2.45, 2.75) is 77.4 Å². The van der Waals surface area contributed by atoms with Crippen molar-refractivity contribution < 1.29 is 24.7 Å². The van der Waals surface area contributed by atoms with E-state index in [2.05, 4.69) is 13.8 Å². The van der Waals surface area contributed by atoms with E-state index in [4.69, 9.17) is 5.11 Å². The first-order valence-corrected chi connectivity index (χ1v) is 12.4. The molecule has 3 N–H and O–H groups in total. The molecule has 8 atom stereocenters. The van der Waals surface area contributed by atoms with Crippen molar-refractivity contribution in [1.29, 1.82) is 0 Å². The van der Waals surface area contributed by atoms with Crippen LogP contribution in [0.1, 0.15) is 65.2 Å². The quantitative estimate of drug-likeness (QED) is 0.336. The number of hydrogen-bond acceptors (Lipinski definition) is 4. The molecule has 0 amide bonds. The molecular formula is C22H38O5S. The Morgan fingerprint density at radius 3 is 2.75 bits per heavy atom. The van der Waals surface area contributed by atoms with Crippen LogP contribution in [0.5, 0.6) is 0 Å². The van der Waals surface area contributed by atoms with Crippen LogP contribution in [-0.2, 0) is 16.0 Å². The van der Waals surface area contributed by atoms with Crippen molar-refractivity contribution in [3.63, 3.8) is 0 Å². The zero-order valence-corrected chi connectivity index (χ0v) is 18.2. The van der Waals surface area contributed by atoms with E-state index < -0.39 is 23.2 Å². The summed E-state index contributed by atoms with van der Waals surface area (Å²) in [6.07, 6.45) is 11.1. The zero-order chi connectivity index (χ0) is 20.7. The second-order valence-electron chi connectivity index (χ2n) is 9.05. The summed E-state index contributed by atoms with van der Waals surface area (Å²) in [6.45, 7) is 4.36. The number of aliphatic hydroxyl groups excluding tert-OH is 2. The molecule has 162 valence electrons. The molecule has 0 aromatic rings. The molecule has 0 aromatic heterocycles. The van der Waals surface area contributed by atoms with Crippen LogP contribution in [0.4, 0.5) is 0 Å². The topological polar surface area (TPSA) is 101 Å². The summed E-state index contributed by atoms with van der Waals surface area (Å²) in [5, 5.41) is 29.5. The third-order valence-electron chi connectivity index (χ3n) is 6.62. The molecule has 0 spiro atoms. The predicted molar refractivity (Wildman–Crippen MR) is 112 cm³/mol. The third-order valence-corrected chi connectivity index (χ3v) is 7.88. The van der Waals surface area contributed by atoms with E-state index in [1.165, 1.54) is 12.8 Å². The van der Waals surface area contributed by atoms with Gasteiger partial charge in [-0.3, -0.25) is 0 Å². The van der Waals surface area contributed by atoms with Gasteiger partial charge in [0.1, 0.15) is 5.75 Å². The van der Waals surface area contributed by atoms with Crippen LogP contribution in [0.3, 0.4) is 0 Å². The maximum absolute atomic E-state index is 11.8. The highest BCUT2D eigenvalue weighted by Gasteiger charge is 2.46. The number of aliphatic carboxylic acids is 1. The Balaban J connectivity index is 1.80. The molecule has 0 saturated heterocycles. The van der Waals surface area contributed by atoms with Gasteiger partial charge < -0.3 is 19.9 Å². The molecule has 0 aliphatic heterocycles. The molecule has 2 aliphatic carbocycles. The first-order valence-electron chi connectivity index (χ1n) is 10.9. The number of hydrogen-bond donors (Lipinski definition) is 3. The molecule has 2 aliphatic rings. The lowest BCUT2D eigenvalue weighted by Gasteiger charge is -2.20. The highest BCUT2D eigenvalue weighted by Crippen LogP contribution is 2.51. The Morgan fingerprint density at radius 2 is 2.07 bits per heavy atom. The fourth-order valence-corrected chi connectivity index (χ4v) is 6.22. The standard InChI is InChI=1S/C22H38O5S/c1-3-4-5-15(2)10-18(23)6-7-19-20-12-16(11-17(20)13-21(19)24)8-9-28(27)14-22(25)26/h6-7,15-21,23-24H,3-5,8-14H2,1-2H3,(H,25,26)/t15?,16?,17-,18?,19-,20+,21-,28?/m0/s1. The highest BCUT2D eigenvalue weighted by molar-refractivity contribution is 7.92. The molecule has 28 heavy (non-hydrogen) atoms.